The Hall–Kier alpha value is -3.08. The van der Waals surface area contributed by atoms with Gasteiger partial charge in [0.2, 0.25) is 6.79 Å². The molecule has 0 saturated carbocycles. The van der Waals surface area contributed by atoms with E-state index in [2.05, 4.69) is 10.5 Å². The fourth-order valence-electron chi connectivity index (χ4n) is 2.06. The molecule has 0 radical (unpaired) electrons. The van der Waals surface area contributed by atoms with Crippen LogP contribution in [0.25, 0.3) is 6.08 Å². The maximum absolute atomic E-state index is 12.1. The average Bonchev–Trinajstić information content (AvgIpc) is 3.06. The number of hydrogen-bond acceptors (Lipinski definition) is 4. The molecule has 1 amide bonds. The number of benzene rings is 2. The highest BCUT2D eigenvalue weighted by Crippen LogP contribution is 2.32. The number of hydrogen-bond donors (Lipinski definition) is 1. The van der Waals surface area contributed by atoms with Crippen molar-refractivity contribution in [2.45, 2.75) is 6.92 Å². The Morgan fingerprint density at radius 1 is 1.13 bits per heavy atom. The molecule has 0 fully saturated rings. The summed E-state index contributed by atoms with van der Waals surface area (Å²) in [6.45, 7) is 2.00. The van der Waals surface area contributed by atoms with Gasteiger partial charge in [-0.1, -0.05) is 36.4 Å². The molecule has 23 heavy (non-hydrogen) atoms. The zero-order valence-electron chi connectivity index (χ0n) is 12.7. The first-order chi connectivity index (χ1) is 11.2. The van der Waals surface area contributed by atoms with Gasteiger partial charge in [0.25, 0.3) is 5.91 Å². The van der Waals surface area contributed by atoms with Crippen molar-refractivity contribution in [3.8, 4) is 11.5 Å². The predicted molar refractivity (Wildman–Crippen MR) is 88.6 cm³/mol. The topological polar surface area (TPSA) is 59.9 Å². The van der Waals surface area contributed by atoms with Gasteiger partial charge in [-0.25, -0.2) is 5.43 Å². The van der Waals surface area contributed by atoms with Gasteiger partial charge in [0.15, 0.2) is 11.5 Å². The lowest BCUT2D eigenvalue weighted by atomic mass is 10.2. The van der Waals surface area contributed by atoms with Crippen LogP contribution in [-0.2, 0) is 0 Å². The van der Waals surface area contributed by atoms with Crippen LogP contribution in [0, 0.1) is 0 Å². The van der Waals surface area contributed by atoms with Crippen LogP contribution in [0.4, 0.5) is 0 Å². The lowest BCUT2D eigenvalue weighted by Crippen LogP contribution is -2.18. The summed E-state index contributed by atoms with van der Waals surface area (Å²) in [6.07, 6.45) is 3.78. The number of fused-ring (bicyclic) bond motifs is 1. The van der Waals surface area contributed by atoms with Crippen molar-refractivity contribution in [1.29, 1.82) is 0 Å². The fraction of sp³-hybridized carbons (Fsp3) is 0.111. The minimum absolute atomic E-state index is 0.182. The molecular formula is C18H16N2O3. The van der Waals surface area contributed by atoms with Crippen LogP contribution in [0.15, 0.2) is 59.7 Å². The van der Waals surface area contributed by atoms with Crippen molar-refractivity contribution in [2.24, 2.45) is 5.10 Å². The lowest BCUT2D eigenvalue weighted by Gasteiger charge is -2.02. The maximum atomic E-state index is 12.1. The van der Waals surface area contributed by atoms with E-state index in [0.717, 1.165) is 5.56 Å². The Kier molecular flexibility index (Phi) is 4.38. The quantitative estimate of drug-likeness (QED) is 0.697. The van der Waals surface area contributed by atoms with Gasteiger partial charge in [-0.3, -0.25) is 4.79 Å². The summed E-state index contributed by atoms with van der Waals surface area (Å²) in [6, 6.07) is 14.9. The number of amides is 1. The third-order valence-electron chi connectivity index (χ3n) is 3.29. The highest BCUT2D eigenvalue weighted by atomic mass is 16.7. The zero-order valence-corrected chi connectivity index (χ0v) is 12.7. The second-order valence-electron chi connectivity index (χ2n) is 5.01. The normalized spacial score (nSPS) is 13.3. The molecule has 0 aromatic heterocycles. The standard InChI is InChI=1S/C18H16N2O3/c1-13(7-8-14-5-3-2-4-6-14)19-20-18(21)15-9-10-16-17(11-15)23-12-22-16/h2-11H,12H2,1H3,(H,20,21)/b8-7+,19-13-. The van der Waals surface area contributed by atoms with Gasteiger partial charge in [0, 0.05) is 5.56 Å². The van der Waals surface area contributed by atoms with Gasteiger partial charge in [-0.2, -0.15) is 5.10 Å². The van der Waals surface area contributed by atoms with Gasteiger partial charge in [0.05, 0.1) is 5.71 Å². The fourth-order valence-corrected chi connectivity index (χ4v) is 2.06. The van der Waals surface area contributed by atoms with Crippen molar-refractivity contribution in [2.75, 3.05) is 6.79 Å². The van der Waals surface area contributed by atoms with E-state index < -0.39 is 0 Å². The molecule has 2 aromatic carbocycles. The first-order valence-corrected chi connectivity index (χ1v) is 7.20. The Labute approximate surface area is 134 Å². The molecule has 5 heteroatoms. The third kappa shape index (κ3) is 3.77. The van der Waals surface area contributed by atoms with Crippen molar-refractivity contribution in [1.82, 2.24) is 5.43 Å². The average molecular weight is 308 g/mol. The lowest BCUT2D eigenvalue weighted by molar-refractivity contribution is 0.0954. The Balaban J connectivity index is 1.62. The Bertz CT molecular complexity index is 767. The summed E-state index contributed by atoms with van der Waals surface area (Å²) in [7, 11) is 0. The summed E-state index contributed by atoms with van der Waals surface area (Å²) in [4.78, 5) is 12.1. The van der Waals surface area contributed by atoms with Crippen molar-refractivity contribution in [3.63, 3.8) is 0 Å². The number of rotatable bonds is 4. The zero-order chi connectivity index (χ0) is 16.1. The number of allylic oxidation sites excluding steroid dienone is 1. The molecule has 1 heterocycles. The molecule has 0 unspecified atom stereocenters. The van der Waals surface area contributed by atoms with Crippen molar-refractivity contribution in [3.05, 3.63) is 65.7 Å². The summed E-state index contributed by atoms with van der Waals surface area (Å²) in [5.41, 5.74) is 4.77. The summed E-state index contributed by atoms with van der Waals surface area (Å²) >= 11 is 0. The molecule has 0 bridgehead atoms. The van der Waals surface area contributed by atoms with Crippen LogP contribution in [0.1, 0.15) is 22.8 Å². The molecule has 1 aliphatic rings. The van der Waals surface area contributed by atoms with Crippen LogP contribution >= 0.6 is 0 Å². The minimum Gasteiger partial charge on any atom is -0.454 e. The molecule has 2 aromatic rings. The molecule has 3 rings (SSSR count). The Morgan fingerprint density at radius 2 is 1.91 bits per heavy atom. The van der Waals surface area contributed by atoms with E-state index in [4.69, 9.17) is 9.47 Å². The van der Waals surface area contributed by atoms with Gasteiger partial charge in [0.1, 0.15) is 0 Å². The van der Waals surface area contributed by atoms with Crippen molar-refractivity contribution < 1.29 is 14.3 Å². The van der Waals surface area contributed by atoms with Crippen LogP contribution in [0.2, 0.25) is 0 Å². The van der Waals surface area contributed by atoms with E-state index in [1.807, 2.05) is 49.4 Å². The van der Waals surface area contributed by atoms with Crippen molar-refractivity contribution >= 4 is 17.7 Å². The van der Waals surface area contributed by atoms with Crippen LogP contribution in [0.5, 0.6) is 11.5 Å². The first kappa shape index (κ1) is 14.8. The summed E-state index contributed by atoms with van der Waals surface area (Å²) in [5.74, 6) is 0.921. The van der Waals surface area contributed by atoms with Gasteiger partial charge >= 0.3 is 0 Å². The molecule has 5 nitrogen and oxygen atoms in total. The number of nitrogens with zero attached hydrogens (tertiary/aromatic N) is 1. The van der Waals surface area contributed by atoms with E-state index in [-0.39, 0.29) is 12.7 Å². The maximum Gasteiger partial charge on any atom is 0.271 e. The van der Waals surface area contributed by atoms with E-state index in [0.29, 0.717) is 22.8 Å². The first-order valence-electron chi connectivity index (χ1n) is 7.20. The molecule has 1 aliphatic heterocycles. The largest absolute Gasteiger partial charge is 0.454 e. The molecule has 0 spiro atoms. The molecule has 1 N–H and O–H groups in total. The third-order valence-corrected chi connectivity index (χ3v) is 3.29. The van der Waals surface area contributed by atoms with Crippen LogP contribution in [0.3, 0.4) is 0 Å². The second kappa shape index (κ2) is 6.79. The Morgan fingerprint density at radius 3 is 2.74 bits per heavy atom. The predicted octanol–water partition coefficient (Wildman–Crippen LogP) is 3.23. The van der Waals surface area contributed by atoms with Crippen LogP contribution in [-0.4, -0.2) is 18.4 Å². The van der Waals surface area contributed by atoms with Gasteiger partial charge < -0.3 is 9.47 Å². The van der Waals surface area contributed by atoms with E-state index >= 15 is 0 Å². The number of nitrogens with one attached hydrogen (secondary N) is 1. The second-order valence-corrected chi connectivity index (χ2v) is 5.01. The number of carbonyl (C=O) groups is 1. The number of ether oxygens (including phenoxy) is 2. The highest BCUT2D eigenvalue weighted by Gasteiger charge is 2.15. The summed E-state index contributed by atoms with van der Waals surface area (Å²) < 4.78 is 10.5. The summed E-state index contributed by atoms with van der Waals surface area (Å²) in [5, 5.41) is 4.07. The minimum atomic E-state index is -0.296. The monoisotopic (exact) mass is 308 g/mol. The molecular weight excluding hydrogens is 292 g/mol. The van der Waals surface area contributed by atoms with E-state index in [1.54, 1.807) is 18.2 Å². The smallest absolute Gasteiger partial charge is 0.271 e. The highest BCUT2D eigenvalue weighted by molar-refractivity contribution is 5.99. The van der Waals surface area contributed by atoms with Gasteiger partial charge in [-0.15, -0.1) is 0 Å². The molecule has 0 atom stereocenters. The van der Waals surface area contributed by atoms with Gasteiger partial charge in [-0.05, 0) is 36.8 Å². The SMILES string of the molecule is CC(/C=C/c1ccccc1)=N/NC(=O)c1ccc2c(c1)OCO2. The molecule has 0 aliphatic carbocycles. The number of carbonyl (C=O) groups excluding carboxylic acids is 1. The van der Waals surface area contributed by atoms with Crippen LogP contribution < -0.4 is 14.9 Å². The molecule has 116 valence electrons. The van der Waals surface area contributed by atoms with E-state index in [9.17, 15) is 4.79 Å². The molecule has 0 saturated heterocycles. The number of hydrazone groups is 1. The van der Waals surface area contributed by atoms with E-state index in [1.165, 1.54) is 0 Å².